The third kappa shape index (κ3) is 3.99. The van der Waals surface area contributed by atoms with E-state index in [1.807, 2.05) is 12.1 Å². The fourth-order valence-corrected chi connectivity index (χ4v) is 3.07. The molecule has 1 aromatic rings. The van der Waals surface area contributed by atoms with Crippen LogP contribution in [0, 0.1) is 5.41 Å². The number of rotatable bonds is 3. The van der Waals surface area contributed by atoms with Crippen molar-refractivity contribution in [2.45, 2.75) is 52.2 Å². The molecule has 1 aliphatic rings. The Hall–Kier alpha value is -0.540. The Bertz CT molecular complexity index is 387. The van der Waals surface area contributed by atoms with Gasteiger partial charge in [-0.1, -0.05) is 29.8 Å². The van der Waals surface area contributed by atoms with Gasteiger partial charge in [0.2, 0.25) is 0 Å². The predicted molar refractivity (Wildman–Crippen MR) is 79.4 cm³/mol. The van der Waals surface area contributed by atoms with E-state index in [0.29, 0.717) is 18.1 Å². The van der Waals surface area contributed by atoms with Crippen LogP contribution < -0.4 is 5.73 Å². The topological polar surface area (TPSA) is 35.2 Å². The van der Waals surface area contributed by atoms with E-state index in [4.69, 9.17) is 10.5 Å². The summed E-state index contributed by atoms with van der Waals surface area (Å²) in [6.45, 7) is 5.35. The van der Waals surface area contributed by atoms with Crippen molar-refractivity contribution in [2.75, 3.05) is 5.73 Å². The van der Waals surface area contributed by atoms with Gasteiger partial charge in [0, 0.05) is 10.2 Å². The van der Waals surface area contributed by atoms with Gasteiger partial charge in [-0.25, -0.2) is 0 Å². The molecule has 2 rings (SSSR count). The zero-order valence-electron chi connectivity index (χ0n) is 11.2. The normalized spacial score (nSPS) is 19.9. The molecule has 0 unspecified atom stereocenters. The number of hydrogen-bond donors (Lipinski definition) is 1. The zero-order chi connectivity index (χ0) is 13.2. The molecule has 1 saturated carbocycles. The maximum atomic E-state index is 6.00. The Labute approximate surface area is 118 Å². The second-order valence-corrected chi connectivity index (χ2v) is 6.98. The van der Waals surface area contributed by atoms with Crippen molar-refractivity contribution in [3.05, 3.63) is 28.2 Å². The fraction of sp³-hybridized carbons (Fsp3) is 0.600. The molecule has 0 radical (unpaired) electrons. The minimum absolute atomic E-state index is 0.415. The fourth-order valence-electron chi connectivity index (χ4n) is 2.51. The minimum atomic E-state index is 0.415. The molecule has 0 aliphatic heterocycles. The number of ether oxygens (including phenoxy) is 1. The maximum absolute atomic E-state index is 6.00. The van der Waals surface area contributed by atoms with E-state index in [1.54, 1.807) is 0 Å². The van der Waals surface area contributed by atoms with E-state index in [-0.39, 0.29) is 0 Å². The first-order valence-corrected chi connectivity index (χ1v) is 7.40. The molecule has 0 spiro atoms. The number of hydrogen-bond acceptors (Lipinski definition) is 2. The van der Waals surface area contributed by atoms with Crippen LogP contribution in [-0.2, 0) is 11.3 Å². The number of halogens is 1. The molecule has 18 heavy (non-hydrogen) atoms. The molecule has 1 fully saturated rings. The Morgan fingerprint density at radius 2 is 1.94 bits per heavy atom. The van der Waals surface area contributed by atoms with E-state index < -0.39 is 0 Å². The Balaban J connectivity index is 1.85. The average Bonchev–Trinajstić information content (AvgIpc) is 2.26. The summed E-state index contributed by atoms with van der Waals surface area (Å²) in [6.07, 6.45) is 5.29. The second-order valence-electron chi connectivity index (χ2n) is 6.07. The lowest BCUT2D eigenvalue weighted by Gasteiger charge is -2.34. The summed E-state index contributed by atoms with van der Waals surface area (Å²) < 4.78 is 7.02. The SMILES string of the molecule is CC1(C)CCC(OCc2cc(N)cc(Br)c2)CC1. The highest BCUT2D eigenvalue weighted by atomic mass is 79.9. The first-order chi connectivity index (χ1) is 8.44. The van der Waals surface area contributed by atoms with Crippen LogP contribution >= 0.6 is 15.9 Å². The van der Waals surface area contributed by atoms with Crippen molar-refractivity contribution in [1.82, 2.24) is 0 Å². The molecule has 0 heterocycles. The van der Waals surface area contributed by atoms with Gasteiger partial charge < -0.3 is 10.5 Å². The van der Waals surface area contributed by atoms with Crippen molar-refractivity contribution in [2.24, 2.45) is 5.41 Å². The first-order valence-electron chi connectivity index (χ1n) is 6.61. The second kappa shape index (κ2) is 5.62. The summed E-state index contributed by atoms with van der Waals surface area (Å²) in [4.78, 5) is 0. The number of anilines is 1. The predicted octanol–water partition coefficient (Wildman–Crippen LogP) is 4.52. The van der Waals surface area contributed by atoms with Gasteiger partial charge in [0.15, 0.2) is 0 Å². The molecule has 1 aliphatic carbocycles. The summed E-state index contributed by atoms with van der Waals surface area (Å²) in [5.74, 6) is 0. The van der Waals surface area contributed by atoms with E-state index in [1.165, 1.54) is 25.7 Å². The van der Waals surface area contributed by atoms with Gasteiger partial charge in [0.25, 0.3) is 0 Å². The van der Waals surface area contributed by atoms with Crippen molar-refractivity contribution in [3.63, 3.8) is 0 Å². The molecule has 0 bridgehead atoms. The molecule has 2 nitrogen and oxygen atoms in total. The van der Waals surface area contributed by atoms with Gasteiger partial charge >= 0.3 is 0 Å². The molecular weight excluding hydrogens is 290 g/mol. The van der Waals surface area contributed by atoms with Crippen LogP contribution in [0.15, 0.2) is 22.7 Å². The van der Waals surface area contributed by atoms with Gasteiger partial charge in [0.05, 0.1) is 12.7 Å². The van der Waals surface area contributed by atoms with Crippen LogP contribution in [0.4, 0.5) is 5.69 Å². The molecule has 100 valence electrons. The minimum Gasteiger partial charge on any atom is -0.399 e. The highest BCUT2D eigenvalue weighted by molar-refractivity contribution is 9.10. The Morgan fingerprint density at radius 3 is 2.56 bits per heavy atom. The lowest BCUT2D eigenvalue weighted by molar-refractivity contribution is -0.00558. The maximum Gasteiger partial charge on any atom is 0.0721 e. The van der Waals surface area contributed by atoms with Crippen molar-refractivity contribution in [1.29, 1.82) is 0 Å². The van der Waals surface area contributed by atoms with Gasteiger partial charge in [-0.15, -0.1) is 0 Å². The van der Waals surface area contributed by atoms with Crippen LogP contribution in [0.1, 0.15) is 45.1 Å². The third-order valence-electron chi connectivity index (χ3n) is 3.75. The van der Waals surface area contributed by atoms with E-state index in [9.17, 15) is 0 Å². The van der Waals surface area contributed by atoms with Crippen molar-refractivity contribution >= 4 is 21.6 Å². The summed E-state index contributed by atoms with van der Waals surface area (Å²) in [7, 11) is 0. The van der Waals surface area contributed by atoms with Crippen molar-refractivity contribution < 1.29 is 4.74 Å². The average molecular weight is 312 g/mol. The van der Waals surface area contributed by atoms with E-state index in [2.05, 4.69) is 35.8 Å². The smallest absolute Gasteiger partial charge is 0.0721 e. The Morgan fingerprint density at radius 1 is 1.28 bits per heavy atom. The standard InChI is InChI=1S/C15H22BrNO/c1-15(2)5-3-14(4-6-15)18-10-11-7-12(16)9-13(17)8-11/h7-9,14H,3-6,10,17H2,1-2H3. The van der Waals surface area contributed by atoms with Crippen LogP contribution in [0.2, 0.25) is 0 Å². The highest BCUT2D eigenvalue weighted by Gasteiger charge is 2.27. The number of benzene rings is 1. The molecule has 1 aromatic carbocycles. The zero-order valence-corrected chi connectivity index (χ0v) is 12.8. The van der Waals surface area contributed by atoms with Gasteiger partial charge in [-0.3, -0.25) is 0 Å². The monoisotopic (exact) mass is 311 g/mol. The first kappa shape index (κ1) is 13.9. The molecule has 0 saturated heterocycles. The van der Waals surface area contributed by atoms with Crippen LogP contribution in [0.5, 0.6) is 0 Å². The number of nitrogen functional groups attached to an aromatic ring is 1. The quantitative estimate of drug-likeness (QED) is 0.833. The van der Waals surface area contributed by atoms with E-state index >= 15 is 0 Å². The van der Waals surface area contributed by atoms with E-state index in [0.717, 1.165) is 15.7 Å². The third-order valence-corrected chi connectivity index (χ3v) is 4.21. The lowest BCUT2D eigenvalue weighted by Crippen LogP contribution is -2.26. The molecule has 0 aromatic heterocycles. The highest BCUT2D eigenvalue weighted by Crippen LogP contribution is 2.36. The molecule has 3 heteroatoms. The molecule has 0 amide bonds. The van der Waals surface area contributed by atoms with Gasteiger partial charge in [-0.2, -0.15) is 0 Å². The molecular formula is C15H22BrNO. The van der Waals surface area contributed by atoms with Gasteiger partial charge in [-0.05, 0) is 54.9 Å². The Kier molecular flexibility index (Phi) is 4.33. The largest absolute Gasteiger partial charge is 0.399 e. The van der Waals surface area contributed by atoms with Crippen LogP contribution in [-0.4, -0.2) is 6.10 Å². The van der Waals surface area contributed by atoms with Gasteiger partial charge in [0.1, 0.15) is 0 Å². The molecule has 2 N–H and O–H groups in total. The summed E-state index contributed by atoms with van der Waals surface area (Å²) >= 11 is 3.46. The summed E-state index contributed by atoms with van der Waals surface area (Å²) in [5.41, 5.74) is 8.25. The number of nitrogens with two attached hydrogens (primary N) is 1. The van der Waals surface area contributed by atoms with Crippen LogP contribution in [0.25, 0.3) is 0 Å². The van der Waals surface area contributed by atoms with Crippen molar-refractivity contribution in [3.8, 4) is 0 Å². The summed E-state index contributed by atoms with van der Waals surface area (Å²) in [6, 6.07) is 5.97. The molecule has 0 atom stereocenters. The lowest BCUT2D eigenvalue weighted by atomic mass is 9.76. The summed E-state index contributed by atoms with van der Waals surface area (Å²) in [5, 5.41) is 0. The van der Waals surface area contributed by atoms with Crippen LogP contribution in [0.3, 0.4) is 0 Å².